The molecule has 94 valence electrons. The molecule has 1 heteroatoms. The normalized spacial score (nSPS) is 20.9. The molecule has 0 spiro atoms. The minimum atomic E-state index is 0.626. The van der Waals surface area contributed by atoms with E-state index in [1.807, 2.05) is 0 Å². The summed E-state index contributed by atoms with van der Waals surface area (Å²) in [5.74, 6) is 1.46. The average Bonchev–Trinajstić information content (AvgIpc) is 2.27. The highest BCUT2D eigenvalue weighted by atomic mass is 14.9. The van der Waals surface area contributed by atoms with E-state index < -0.39 is 0 Å². The van der Waals surface area contributed by atoms with Crippen LogP contribution >= 0.6 is 0 Å². The van der Waals surface area contributed by atoms with E-state index in [2.05, 4.69) is 51.2 Å². The van der Waals surface area contributed by atoms with Crippen molar-refractivity contribution >= 4 is 5.69 Å². The largest absolute Gasteiger partial charge is 0.382 e. The lowest BCUT2D eigenvalue weighted by molar-refractivity contribution is 0.523. The zero-order valence-electron chi connectivity index (χ0n) is 11.6. The van der Waals surface area contributed by atoms with E-state index in [-0.39, 0.29) is 0 Å². The summed E-state index contributed by atoms with van der Waals surface area (Å²) in [5, 5.41) is 3.57. The SMILES string of the molecule is CC(C)CC(C)c1ccc2c(c1)CCC(C)N2. The number of hydrogen-bond donors (Lipinski definition) is 1. The van der Waals surface area contributed by atoms with E-state index in [4.69, 9.17) is 0 Å². The first kappa shape index (κ1) is 12.5. The molecule has 0 radical (unpaired) electrons. The summed E-state index contributed by atoms with van der Waals surface area (Å²) in [6.45, 7) is 9.22. The lowest BCUT2D eigenvalue weighted by Gasteiger charge is -2.25. The van der Waals surface area contributed by atoms with E-state index in [9.17, 15) is 0 Å². The van der Waals surface area contributed by atoms with Crippen LogP contribution in [-0.2, 0) is 6.42 Å². The van der Waals surface area contributed by atoms with Crippen LogP contribution in [0.15, 0.2) is 18.2 Å². The van der Waals surface area contributed by atoms with Gasteiger partial charge in [-0.1, -0.05) is 32.9 Å². The van der Waals surface area contributed by atoms with Crippen LogP contribution in [0.5, 0.6) is 0 Å². The Morgan fingerprint density at radius 2 is 2.06 bits per heavy atom. The zero-order chi connectivity index (χ0) is 12.4. The summed E-state index contributed by atoms with van der Waals surface area (Å²) in [7, 11) is 0. The van der Waals surface area contributed by atoms with E-state index in [0.717, 1.165) is 5.92 Å². The molecule has 1 heterocycles. The van der Waals surface area contributed by atoms with Gasteiger partial charge in [0, 0.05) is 11.7 Å². The number of rotatable bonds is 3. The topological polar surface area (TPSA) is 12.0 Å². The van der Waals surface area contributed by atoms with Crippen LogP contribution in [0, 0.1) is 5.92 Å². The van der Waals surface area contributed by atoms with Crippen molar-refractivity contribution in [2.45, 2.75) is 58.9 Å². The Morgan fingerprint density at radius 3 is 2.76 bits per heavy atom. The molecule has 0 saturated heterocycles. The summed E-state index contributed by atoms with van der Waals surface area (Å²) in [4.78, 5) is 0. The summed E-state index contributed by atoms with van der Waals surface area (Å²) in [6.07, 6.45) is 3.77. The summed E-state index contributed by atoms with van der Waals surface area (Å²) in [6, 6.07) is 7.62. The smallest absolute Gasteiger partial charge is 0.0374 e. The van der Waals surface area contributed by atoms with Crippen LogP contribution in [-0.4, -0.2) is 6.04 Å². The minimum absolute atomic E-state index is 0.626. The van der Waals surface area contributed by atoms with Crippen molar-refractivity contribution in [3.05, 3.63) is 29.3 Å². The number of nitrogens with one attached hydrogen (secondary N) is 1. The first-order chi connectivity index (χ1) is 8.06. The Balaban J connectivity index is 2.16. The molecule has 0 saturated carbocycles. The Labute approximate surface area is 106 Å². The van der Waals surface area contributed by atoms with Gasteiger partial charge in [0.25, 0.3) is 0 Å². The summed E-state index contributed by atoms with van der Waals surface area (Å²) < 4.78 is 0. The third kappa shape index (κ3) is 3.02. The number of aryl methyl sites for hydroxylation is 1. The number of hydrogen-bond acceptors (Lipinski definition) is 1. The number of anilines is 1. The van der Waals surface area contributed by atoms with Crippen LogP contribution in [0.1, 0.15) is 57.6 Å². The van der Waals surface area contributed by atoms with Crippen molar-refractivity contribution < 1.29 is 0 Å². The van der Waals surface area contributed by atoms with Crippen molar-refractivity contribution in [2.24, 2.45) is 5.92 Å². The molecule has 1 aliphatic rings. The molecule has 2 rings (SSSR count). The van der Waals surface area contributed by atoms with E-state index in [1.54, 1.807) is 0 Å². The fourth-order valence-corrected chi connectivity index (χ4v) is 2.82. The van der Waals surface area contributed by atoms with Crippen molar-refractivity contribution in [3.63, 3.8) is 0 Å². The van der Waals surface area contributed by atoms with Crippen LogP contribution in [0.2, 0.25) is 0 Å². The molecule has 1 aromatic carbocycles. The van der Waals surface area contributed by atoms with Gasteiger partial charge in [0.15, 0.2) is 0 Å². The first-order valence-electron chi connectivity index (χ1n) is 6.95. The lowest BCUT2D eigenvalue weighted by atomic mass is 9.89. The molecule has 0 fully saturated rings. The van der Waals surface area contributed by atoms with Gasteiger partial charge in [0.1, 0.15) is 0 Å². The van der Waals surface area contributed by atoms with Gasteiger partial charge in [0.2, 0.25) is 0 Å². The third-order valence-corrected chi connectivity index (χ3v) is 3.77. The first-order valence-corrected chi connectivity index (χ1v) is 6.95. The van der Waals surface area contributed by atoms with Crippen molar-refractivity contribution in [3.8, 4) is 0 Å². The fourth-order valence-electron chi connectivity index (χ4n) is 2.82. The van der Waals surface area contributed by atoms with E-state index in [1.165, 1.54) is 36.1 Å². The molecule has 2 unspecified atom stereocenters. The van der Waals surface area contributed by atoms with Gasteiger partial charge in [-0.15, -0.1) is 0 Å². The van der Waals surface area contributed by atoms with Gasteiger partial charge in [-0.2, -0.15) is 0 Å². The zero-order valence-corrected chi connectivity index (χ0v) is 11.6. The second kappa shape index (κ2) is 5.12. The highest BCUT2D eigenvalue weighted by Gasteiger charge is 2.16. The molecule has 17 heavy (non-hydrogen) atoms. The summed E-state index contributed by atoms with van der Waals surface area (Å²) >= 11 is 0. The quantitative estimate of drug-likeness (QED) is 0.802. The van der Waals surface area contributed by atoms with Crippen LogP contribution in [0.25, 0.3) is 0 Å². The molecule has 0 aromatic heterocycles. The Kier molecular flexibility index (Phi) is 3.76. The van der Waals surface area contributed by atoms with Gasteiger partial charge in [-0.25, -0.2) is 0 Å². The average molecular weight is 231 g/mol. The van der Waals surface area contributed by atoms with Gasteiger partial charge in [-0.05, 0) is 55.2 Å². The van der Waals surface area contributed by atoms with Gasteiger partial charge in [-0.3, -0.25) is 0 Å². The predicted octanol–water partition coefficient (Wildman–Crippen LogP) is 4.58. The number of fused-ring (bicyclic) bond motifs is 1. The Morgan fingerprint density at radius 1 is 1.29 bits per heavy atom. The Bertz CT molecular complexity index is 381. The van der Waals surface area contributed by atoms with Crippen LogP contribution in [0.3, 0.4) is 0 Å². The highest BCUT2D eigenvalue weighted by Crippen LogP contribution is 2.30. The molecule has 1 nitrogen and oxygen atoms in total. The standard InChI is InChI=1S/C16H25N/c1-11(2)9-12(3)14-7-8-16-15(10-14)6-5-13(4)17-16/h7-8,10-13,17H,5-6,9H2,1-4H3. The van der Waals surface area contributed by atoms with Gasteiger partial charge < -0.3 is 5.32 Å². The lowest BCUT2D eigenvalue weighted by Crippen LogP contribution is -2.22. The van der Waals surface area contributed by atoms with Gasteiger partial charge in [0.05, 0.1) is 0 Å². The second-order valence-corrected chi connectivity index (χ2v) is 6.03. The van der Waals surface area contributed by atoms with Crippen molar-refractivity contribution in [1.82, 2.24) is 0 Å². The number of benzene rings is 1. The predicted molar refractivity (Wildman–Crippen MR) is 75.7 cm³/mol. The molecule has 1 aliphatic heterocycles. The molecule has 1 N–H and O–H groups in total. The monoisotopic (exact) mass is 231 g/mol. The maximum absolute atomic E-state index is 3.57. The summed E-state index contributed by atoms with van der Waals surface area (Å²) in [5.41, 5.74) is 4.37. The molecule has 0 bridgehead atoms. The molecular weight excluding hydrogens is 206 g/mol. The minimum Gasteiger partial charge on any atom is -0.382 e. The van der Waals surface area contributed by atoms with E-state index in [0.29, 0.717) is 12.0 Å². The molecule has 2 atom stereocenters. The molecule has 0 amide bonds. The second-order valence-electron chi connectivity index (χ2n) is 6.03. The van der Waals surface area contributed by atoms with E-state index >= 15 is 0 Å². The molecular formula is C16H25N. The Hall–Kier alpha value is -0.980. The highest BCUT2D eigenvalue weighted by molar-refractivity contribution is 5.55. The fraction of sp³-hybridized carbons (Fsp3) is 0.625. The molecule has 0 aliphatic carbocycles. The maximum Gasteiger partial charge on any atom is 0.0374 e. The third-order valence-electron chi connectivity index (χ3n) is 3.77. The molecule has 1 aromatic rings. The van der Waals surface area contributed by atoms with Gasteiger partial charge >= 0.3 is 0 Å². The van der Waals surface area contributed by atoms with Crippen molar-refractivity contribution in [1.29, 1.82) is 0 Å². The van der Waals surface area contributed by atoms with Crippen LogP contribution in [0.4, 0.5) is 5.69 Å². The van der Waals surface area contributed by atoms with Crippen LogP contribution < -0.4 is 5.32 Å². The maximum atomic E-state index is 3.57. The van der Waals surface area contributed by atoms with Crippen molar-refractivity contribution in [2.75, 3.05) is 5.32 Å².